The third kappa shape index (κ3) is 3.01. The molecule has 0 amide bonds. The summed E-state index contributed by atoms with van der Waals surface area (Å²) in [5, 5.41) is 9.93. The van der Waals surface area contributed by atoms with Crippen LogP contribution in [0, 0.1) is 18.3 Å². The molecule has 4 nitrogen and oxygen atoms in total. The molecule has 0 saturated heterocycles. The number of benzene rings is 1. The first-order valence-corrected chi connectivity index (χ1v) is 10.4. The third-order valence-electron chi connectivity index (χ3n) is 5.08. The molecule has 0 spiro atoms. The van der Waals surface area contributed by atoms with Crippen LogP contribution in [0.25, 0.3) is 0 Å². The maximum atomic E-state index is 13.0. The Morgan fingerprint density at radius 1 is 1.22 bits per heavy atom. The average Bonchev–Trinajstić information content (AvgIpc) is 3.08. The van der Waals surface area contributed by atoms with Crippen molar-refractivity contribution in [1.82, 2.24) is 0 Å². The smallest absolute Gasteiger partial charge is 0.161 e. The highest BCUT2D eigenvalue weighted by Crippen LogP contribution is 2.48. The number of carbonyl (C=O) groups excluding carboxylic acids is 1. The van der Waals surface area contributed by atoms with E-state index in [1.165, 1.54) is 0 Å². The van der Waals surface area contributed by atoms with Crippen LogP contribution >= 0.6 is 27.3 Å². The summed E-state index contributed by atoms with van der Waals surface area (Å²) in [5.74, 6) is 0.156. The molecule has 0 saturated carbocycles. The number of ketones is 1. The van der Waals surface area contributed by atoms with Gasteiger partial charge in [-0.2, -0.15) is 5.26 Å². The van der Waals surface area contributed by atoms with Crippen LogP contribution in [0.5, 0.6) is 0 Å². The Morgan fingerprint density at radius 3 is 2.59 bits per heavy atom. The first kappa shape index (κ1) is 18.0. The fraction of sp³-hybridized carbons (Fsp3) is 0.238. The predicted molar refractivity (Wildman–Crippen MR) is 111 cm³/mol. The molecule has 0 unspecified atom stereocenters. The molecule has 4 rings (SSSR count). The fourth-order valence-electron chi connectivity index (χ4n) is 3.84. The Morgan fingerprint density at radius 2 is 1.96 bits per heavy atom. The third-order valence-corrected chi connectivity index (χ3v) is 6.77. The first-order chi connectivity index (χ1) is 13.0. The zero-order valence-corrected chi connectivity index (χ0v) is 17.2. The van der Waals surface area contributed by atoms with Crippen molar-refractivity contribution in [2.75, 3.05) is 4.90 Å². The Labute approximate surface area is 170 Å². The summed E-state index contributed by atoms with van der Waals surface area (Å²) in [6.07, 6.45) is 2.09. The lowest BCUT2D eigenvalue weighted by Gasteiger charge is -2.39. The van der Waals surface area contributed by atoms with Crippen molar-refractivity contribution in [3.63, 3.8) is 0 Å². The van der Waals surface area contributed by atoms with Crippen molar-refractivity contribution in [1.29, 1.82) is 5.26 Å². The van der Waals surface area contributed by atoms with Gasteiger partial charge >= 0.3 is 0 Å². The number of halogens is 1. The van der Waals surface area contributed by atoms with E-state index in [0.717, 1.165) is 44.0 Å². The number of rotatable bonds is 2. The number of anilines is 1. The van der Waals surface area contributed by atoms with E-state index in [2.05, 4.69) is 22.0 Å². The number of hydrogen-bond donors (Lipinski definition) is 1. The highest BCUT2D eigenvalue weighted by molar-refractivity contribution is 9.11. The van der Waals surface area contributed by atoms with Gasteiger partial charge < -0.3 is 5.73 Å². The molecule has 27 heavy (non-hydrogen) atoms. The van der Waals surface area contributed by atoms with E-state index in [0.29, 0.717) is 17.8 Å². The average molecular weight is 440 g/mol. The lowest BCUT2D eigenvalue weighted by molar-refractivity contribution is -0.116. The minimum absolute atomic E-state index is 0.114. The van der Waals surface area contributed by atoms with Crippen LogP contribution in [0.3, 0.4) is 0 Å². The van der Waals surface area contributed by atoms with Gasteiger partial charge in [-0.3, -0.25) is 9.69 Å². The second-order valence-electron chi connectivity index (χ2n) is 6.79. The van der Waals surface area contributed by atoms with E-state index in [-0.39, 0.29) is 11.7 Å². The Balaban J connectivity index is 1.96. The largest absolute Gasteiger partial charge is 0.384 e. The van der Waals surface area contributed by atoms with Crippen molar-refractivity contribution in [2.24, 2.45) is 5.73 Å². The lowest BCUT2D eigenvalue weighted by atomic mass is 9.78. The number of nitrogens with zero attached hydrogens (tertiary/aromatic N) is 2. The Hall–Kier alpha value is -2.36. The van der Waals surface area contributed by atoms with Crippen molar-refractivity contribution in [2.45, 2.75) is 32.1 Å². The molecule has 2 aliphatic rings. The molecule has 6 heteroatoms. The van der Waals surface area contributed by atoms with Gasteiger partial charge in [0, 0.05) is 28.3 Å². The Kier molecular flexibility index (Phi) is 4.67. The molecular formula is C21H18BrN3OS. The van der Waals surface area contributed by atoms with E-state index < -0.39 is 0 Å². The number of allylic oxidation sites excluding steroid dienone is 3. The van der Waals surface area contributed by atoms with Gasteiger partial charge in [0.25, 0.3) is 0 Å². The SMILES string of the molecule is Cc1ccc(N2C(N)=C(C#N)[C@@H](c3ccc(Br)s3)C3=C2CCCC3=O)cc1. The summed E-state index contributed by atoms with van der Waals surface area (Å²) in [7, 11) is 0. The number of aryl methyl sites for hydroxylation is 1. The van der Waals surface area contributed by atoms with Gasteiger partial charge in [-0.15, -0.1) is 11.3 Å². The maximum Gasteiger partial charge on any atom is 0.161 e. The molecular weight excluding hydrogens is 422 g/mol. The van der Waals surface area contributed by atoms with Gasteiger partial charge in [-0.1, -0.05) is 17.7 Å². The van der Waals surface area contributed by atoms with Gasteiger partial charge in [-0.05, 0) is 60.0 Å². The standard InChI is InChI=1S/C21H18BrN3OS/c1-12-5-7-13(8-6-12)25-15-3-2-4-16(26)20(15)19(14(11-23)21(25)24)17-9-10-18(22)27-17/h5-10,19H,2-4,24H2,1H3/t19-/m0/s1. The van der Waals surface area contributed by atoms with Crippen LogP contribution in [0.15, 0.2) is 62.8 Å². The van der Waals surface area contributed by atoms with Crippen molar-refractivity contribution >= 4 is 38.7 Å². The van der Waals surface area contributed by atoms with Crippen LogP contribution in [-0.2, 0) is 4.79 Å². The molecule has 136 valence electrons. The number of hydrogen-bond acceptors (Lipinski definition) is 5. The molecule has 1 aromatic carbocycles. The summed E-state index contributed by atoms with van der Waals surface area (Å²) in [6.45, 7) is 2.03. The molecule has 2 N–H and O–H groups in total. The topological polar surface area (TPSA) is 70.1 Å². The monoisotopic (exact) mass is 439 g/mol. The minimum atomic E-state index is -0.379. The second-order valence-corrected chi connectivity index (χ2v) is 9.29. The predicted octanol–water partition coefficient (Wildman–Crippen LogP) is 5.12. The lowest BCUT2D eigenvalue weighted by Crippen LogP contribution is -2.38. The number of nitrogens with two attached hydrogens (primary N) is 1. The zero-order valence-electron chi connectivity index (χ0n) is 14.8. The van der Waals surface area contributed by atoms with Crippen LogP contribution in [-0.4, -0.2) is 5.78 Å². The molecule has 0 radical (unpaired) electrons. The summed E-state index contributed by atoms with van der Waals surface area (Å²) in [6, 6.07) is 14.2. The minimum Gasteiger partial charge on any atom is -0.384 e. The van der Waals surface area contributed by atoms with Crippen molar-refractivity contribution in [3.8, 4) is 6.07 Å². The normalized spacial score (nSPS) is 20.0. The first-order valence-electron chi connectivity index (χ1n) is 8.79. The fourth-order valence-corrected chi connectivity index (χ4v) is 5.39. The number of nitriles is 1. The summed E-state index contributed by atoms with van der Waals surface area (Å²) < 4.78 is 0.972. The van der Waals surface area contributed by atoms with Gasteiger partial charge in [0.1, 0.15) is 5.82 Å². The van der Waals surface area contributed by atoms with E-state index in [9.17, 15) is 10.1 Å². The van der Waals surface area contributed by atoms with Crippen molar-refractivity contribution < 1.29 is 4.79 Å². The van der Waals surface area contributed by atoms with E-state index in [4.69, 9.17) is 5.73 Å². The van der Waals surface area contributed by atoms with Crippen LogP contribution in [0.1, 0.15) is 35.6 Å². The molecule has 1 aromatic heterocycles. The molecule has 1 atom stereocenters. The van der Waals surface area contributed by atoms with Gasteiger partial charge in [-0.25, -0.2) is 0 Å². The summed E-state index contributed by atoms with van der Waals surface area (Å²) in [4.78, 5) is 15.8. The zero-order chi connectivity index (χ0) is 19.1. The number of Topliss-reactive ketones (excluding diaryl/α,β-unsaturated/α-hetero) is 1. The molecule has 0 fully saturated rings. The number of carbonyl (C=O) groups is 1. The van der Waals surface area contributed by atoms with Gasteiger partial charge in [0.2, 0.25) is 0 Å². The van der Waals surface area contributed by atoms with Crippen LogP contribution < -0.4 is 10.6 Å². The van der Waals surface area contributed by atoms with Gasteiger partial charge in [0.15, 0.2) is 5.78 Å². The summed E-state index contributed by atoms with van der Waals surface area (Å²) in [5.41, 5.74) is 10.7. The second kappa shape index (κ2) is 6.99. The molecule has 2 heterocycles. The quantitative estimate of drug-likeness (QED) is 0.704. The molecule has 1 aliphatic heterocycles. The van der Waals surface area contributed by atoms with E-state index in [1.54, 1.807) is 11.3 Å². The van der Waals surface area contributed by atoms with Crippen LogP contribution in [0.4, 0.5) is 5.69 Å². The highest BCUT2D eigenvalue weighted by Gasteiger charge is 2.40. The molecule has 0 bridgehead atoms. The number of thiophene rings is 1. The maximum absolute atomic E-state index is 13.0. The van der Waals surface area contributed by atoms with Gasteiger partial charge in [0.05, 0.1) is 21.3 Å². The van der Waals surface area contributed by atoms with E-state index >= 15 is 0 Å². The van der Waals surface area contributed by atoms with Crippen molar-refractivity contribution in [3.05, 3.63) is 73.3 Å². The highest BCUT2D eigenvalue weighted by atomic mass is 79.9. The summed E-state index contributed by atoms with van der Waals surface area (Å²) >= 11 is 5.03. The van der Waals surface area contributed by atoms with E-state index in [1.807, 2.05) is 48.2 Å². The molecule has 1 aliphatic carbocycles. The van der Waals surface area contributed by atoms with Crippen LogP contribution in [0.2, 0.25) is 0 Å². The Bertz CT molecular complexity index is 1030. The molecule has 2 aromatic rings.